The molecule has 2 rings (SSSR count). The summed E-state index contributed by atoms with van der Waals surface area (Å²) in [5, 5.41) is 0. The van der Waals surface area contributed by atoms with Gasteiger partial charge in [-0.3, -0.25) is 0 Å². The Kier molecular flexibility index (Phi) is 4.98. The van der Waals surface area contributed by atoms with Crippen LogP contribution in [0.5, 0.6) is 0 Å². The van der Waals surface area contributed by atoms with E-state index in [0.29, 0.717) is 6.33 Å². The van der Waals surface area contributed by atoms with Crippen molar-refractivity contribution in [2.75, 3.05) is 0 Å². The Hall–Kier alpha value is -1.11. The molecule has 0 heterocycles. The van der Waals surface area contributed by atoms with Crippen molar-refractivity contribution < 1.29 is 4.39 Å². The van der Waals surface area contributed by atoms with E-state index in [1.54, 1.807) is 0 Å². The molecular formula is C17H23F. The monoisotopic (exact) mass is 246 g/mol. The van der Waals surface area contributed by atoms with Crippen LogP contribution in [0.1, 0.15) is 62.5 Å². The van der Waals surface area contributed by atoms with E-state index in [2.05, 4.69) is 19.1 Å². The van der Waals surface area contributed by atoms with Crippen LogP contribution in [0.15, 0.2) is 30.6 Å². The molecule has 0 nitrogen and oxygen atoms in total. The lowest BCUT2D eigenvalue weighted by atomic mass is 9.77. The average molecular weight is 246 g/mol. The molecular weight excluding hydrogens is 223 g/mol. The molecule has 0 unspecified atom stereocenters. The first-order valence-corrected chi connectivity index (χ1v) is 7.20. The summed E-state index contributed by atoms with van der Waals surface area (Å²) < 4.78 is 12.1. The maximum absolute atomic E-state index is 12.1. The van der Waals surface area contributed by atoms with E-state index < -0.39 is 0 Å². The predicted octanol–water partition coefficient (Wildman–Crippen LogP) is 5.70. The van der Waals surface area contributed by atoms with Gasteiger partial charge in [-0.05, 0) is 54.7 Å². The van der Waals surface area contributed by atoms with Crippen molar-refractivity contribution in [2.24, 2.45) is 5.92 Å². The lowest BCUT2D eigenvalue weighted by Gasteiger charge is -2.28. The van der Waals surface area contributed by atoms with Crippen molar-refractivity contribution in [3.63, 3.8) is 0 Å². The van der Waals surface area contributed by atoms with Gasteiger partial charge in [0, 0.05) is 0 Å². The van der Waals surface area contributed by atoms with Crippen molar-refractivity contribution >= 4 is 6.08 Å². The van der Waals surface area contributed by atoms with Crippen LogP contribution in [0.3, 0.4) is 0 Å². The molecule has 1 aliphatic rings. The Morgan fingerprint density at radius 1 is 1.11 bits per heavy atom. The third kappa shape index (κ3) is 3.44. The summed E-state index contributed by atoms with van der Waals surface area (Å²) in [5.41, 5.74) is 2.38. The van der Waals surface area contributed by atoms with Gasteiger partial charge in [0.25, 0.3) is 0 Å². The van der Waals surface area contributed by atoms with E-state index in [9.17, 15) is 4.39 Å². The van der Waals surface area contributed by atoms with Gasteiger partial charge in [0.05, 0.1) is 6.33 Å². The third-order valence-corrected chi connectivity index (χ3v) is 4.21. The molecule has 0 aliphatic heterocycles. The predicted molar refractivity (Wildman–Crippen MR) is 76.2 cm³/mol. The SMILES string of the molecule is CCC[C@H]1CC[C@H](c2ccc(C=CF)cc2)CC1. The van der Waals surface area contributed by atoms with Gasteiger partial charge in [-0.2, -0.15) is 0 Å². The molecule has 1 heteroatoms. The minimum absolute atomic E-state index is 0.602. The van der Waals surface area contributed by atoms with Crippen LogP contribution in [-0.4, -0.2) is 0 Å². The molecule has 0 aromatic heterocycles. The summed E-state index contributed by atoms with van der Waals surface area (Å²) in [6, 6.07) is 8.37. The molecule has 0 amide bonds. The van der Waals surface area contributed by atoms with E-state index in [1.165, 1.54) is 50.2 Å². The highest BCUT2D eigenvalue weighted by molar-refractivity contribution is 5.48. The minimum atomic E-state index is 0.602. The zero-order valence-corrected chi connectivity index (χ0v) is 11.2. The van der Waals surface area contributed by atoms with E-state index in [0.717, 1.165) is 17.4 Å². The van der Waals surface area contributed by atoms with Gasteiger partial charge in [-0.25, -0.2) is 4.39 Å². The molecule has 1 aromatic carbocycles. The first-order valence-electron chi connectivity index (χ1n) is 7.20. The highest BCUT2D eigenvalue weighted by Gasteiger charge is 2.21. The second kappa shape index (κ2) is 6.72. The number of halogens is 1. The maximum atomic E-state index is 12.1. The first-order chi connectivity index (χ1) is 8.83. The Balaban J connectivity index is 1.93. The van der Waals surface area contributed by atoms with Crippen molar-refractivity contribution in [1.29, 1.82) is 0 Å². The minimum Gasteiger partial charge on any atom is -0.216 e. The van der Waals surface area contributed by atoms with Gasteiger partial charge in [0.2, 0.25) is 0 Å². The quantitative estimate of drug-likeness (QED) is 0.639. The van der Waals surface area contributed by atoms with Gasteiger partial charge in [-0.1, -0.05) is 44.0 Å². The normalized spacial score (nSPS) is 24.6. The molecule has 98 valence electrons. The van der Waals surface area contributed by atoms with Gasteiger partial charge in [0.1, 0.15) is 0 Å². The average Bonchev–Trinajstić information content (AvgIpc) is 2.41. The molecule has 0 spiro atoms. The number of hydrogen-bond donors (Lipinski definition) is 0. The van der Waals surface area contributed by atoms with Crippen molar-refractivity contribution in [1.82, 2.24) is 0 Å². The van der Waals surface area contributed by atoms with Crippen molar-refractivity contribution in [3.05, 3.63) is 41.7 Å². The van der Waals surface area contributed by atoms with Crippen LogP contribution in [0.4, 0.5) is 4.39 Å². The topological polar surface area (TPSA) is 0 Å². The zero-order chi connectivity index (χ0) is 12.8. The van der Waals surface area contributed by atoms with Gasteiger partial charge in [0.15, 0.2) is 0 Å². The Morgan fingerprint density at radius 2 is 1.78 bits per heavy atom. The maximum Gasteiger partial charge on any atom is 0.0872 e. The Morgan fingerprint density at radius 3 is 2.33 bits per heavy atom. The van der Waals surface area contributed by atoms with Gasteiger partial charge < -0.3 is 0 Å². The molecule has 18 heavy (non-hydrogen) atoms. The third-order valence-electron chi connectivity index (χ3n) is 4.21. The summed E-state index contributed by atoms with van der Waals surface area (Å²) in [4.78, 5) is 0. The van der Waals surface area contributed by atoms with E-state index >= 15 is 0 Å². The van der Waals surface area contributed by atoms with Crippen molar-refractivity contribution in [3.8, 4) is 0 Å². The van der Waals surface area contributed by atoms with Crippen LogP contribution in [0.25, 0.3) is 6.08 Å². The molecule has 1 fully saturated rings. The van der Waals surface area contributed by atoms with Crippen LogP contribution in [-0.2, 0) is 0 Å². The highest BCUT2D eigenvalue weighted by Crippen LogP contribution is 2.37. The molecule has 1 aliphatic carbocycles. The lowest BCUT2D eigenvalue weighted by Crippen LogP contribution is -2.13. The zero-order valence-electron chi connectivity index (χ0n) is 11.2. The number of benzene rings is 1. The summed E-state index contributed by atoms with van der Waals surface area (Å²) in [6.45, 7) is 2.28. The summed E-state index contributed by atoms with van der Waals surface area (Å²) in [5.74, 6) is 1.68. The van der Waals surface area contributed by atoms with Crippen LogP contribution in [0, 0.1) is 5.92 Å². The molecule has 1 saturated carbocycles. The smallest absolute Gasteiger partial charge is 0.0872 e. The van der Waals surface area contributed by atoms with Gasteiger partial charge in [-0.15, -0.1) is 0 Å². The van der Waals surface area contributed by atoms with E-state index in [-0.39, 0.29) is 0 Å². The second-order valence-corrected chi connectivity index (χ2v) is 5.47. The van der Waals surface area contributed by atoms with E-state index in [1.807, 2.05) is 12.1 Å². The standard InChI is InChI=1S/C17H23F/c1-2-3-14-4-8-16(9-5-14)17-10-6-15(7-11-17)12-13-18/h6-7,10-14,16H,2-5,8-9H2,1H3/t14-,16-. The van der Waals surface area contributed by atoms with E-state index in [4.69, 9.17) is 0 Å². The molecule has 0 atom stereocenters. The molecule has 0 N–H and O–H groups in total. The molecule has 0 saturated heterocycles. The summed E-state index contributed by atoms with van der Waals surface area (Å²) >= 11 is 0. The molecule has 0 bridgehead atoms. The van der Waals surface area contributed by atoms with Crippen molar-refractivity contribution in [2.45, 2.75) is 51.4 Å². The summed E-state index contributed by atoms with van der Waals surface area (Å²) in [6.07, 6.45) is 10.2. The summed E-state index contributed by atoms with van der Waals surface area (Å²) in [7, 11) is 0. The lowest BCUT2D eigenvalue weighted by molar-refractivity contribution is 0.308. The largest absolute Gasteiger partial charge is 0.216 e. The fourth-order valence-corrected chi connectivity index (χ4v) is 3.14. The first kappa shape index (κ1) is 13.3. The fourth-order valence-electron chi connectivity index (χ4n) is 3.14. The van der Waals surface area contributed by atoms with Gasteiger partial charge >= 0.3 is 0 Å². The Labute approximate surface area is 110 Å². The van der Waals surface area contributed by atoms with Crippen LogP contribution >= 0.6 is 0 Å². The number of rotatable bonds is 4. The van der Waals surface area contributed by atoms with Crippen LogP contribution < -0.4 is 0 Å². The highest BCUT2D eigenvalue weighted by atomic mass is 19.1. The second-order valence-electron chi connectivity index (χ2n) is 5.47. The Bertz CT molecular complexity index is 369. The van der Waals surface area contributed by atoms with Crippen LogP contribution in [0.2, 0.25) is 0 Å². The molecule has 0 radical (unpaired) electrons. The fraction of sp³-hybridized carbons (Fsp3) is 0.529. The number of hydrogen-bond acceptors (Lipinski definition) is 0. The molecule has 1 aromatic rings.